The summed E-state index contributed by atoms with van der Waals surface area (Å²) in [6, 6.07) is 16.6. The summed E-state index contributed by atoms with van der Waals surface area (Å²) in [4.78, 5) is 4.85. The van der Waals surface area contributed by atoms with Gasteiger partial charge in [-0.3, -0.25) is 4.90 Å². The van der Waals surface area contributed by atoms with E-state index in [1.807, 2.05) is 18.2 Å². The SMILES string of the molecule is COc1cccc(OC)c1N1CCN(Cc2ccccc2)CC1. The molecule has 0 aromatic heterocycles. The summed E-state index contributed by atoms with van der Waals surface area (Å²) in [6.45, 7) is 5.04. The van der Waals surface area contributed by atoms with Gasteiger partial charge >= 0.3 is 0 Å². The summed E-state index contributed by atoms with van der Waals surface area (Å²) in [5, 5.41) is 0. The highest BCUT2D eigenvalue weighted by Crippen LogP contribution is 2.38. The van der Waals surface area contributed by atoms with Crippen LogP contribution in [0.4, 0.5) is 5.69 Å². The first kappa shape index (κ1) is 15.7. The van der Waals surface area contributed by atoms with Crippen LogP contribution >= 0.6 is 0 Å². The Hall–Kier alpha value is -2.20. The van der Waals surface area contributed by atoms with E-state index in [2.05, 4.69) is 40.1 Å². The van der Waals surface area contributed by atoms with E-state index in [0.717, 1.165) is 49.9 Å². The molecule has 2 aromatic carbocycles. The fraction of sp³-hybridized carbons (Fsp3) is 0.368. The molecule has 0 N–H and O–H groups in total. The molecule has 1 saturated heterocycles. The lowest BCUT2D eigenvalue weighted by Gasteiger charge is -2.37. The number of nitrogens with zero attached hydrogens (tertiary/aromatic N) is 2. The van der Waals surface area contributed by atoms with Crippen molar-refractivity contribution in [3.8, 4) is 11.5 Å². The molecule has 4 nitrogen and oxygen atoms in total. The maximum Gasteiger partial charge on any atom is 0.145 e. The normalized spacial score (nSPS) is 15.5. The Labute approximate surface area is 138 Å². The first-order valence-corrected chi connectivity index (χ1v) is 8.04. The topological polar surface area (TPSA) is 24.9 Å². The van der Waals surface area contributed by atoms with Gasteiger partial charge in [0.2, 0.25) is 0 Å². The maximum atomic E-state index is 5.53. The lowest BCUT2D eigenvalue weighted by Crippen LogP contribution is -2.46. The average Bonchev–Trinajstić information content (AvgIpc) is 2.62. The maximum absolute atomic E-state index is 5.53. The number of hydrogen-bond acceptors (Lipinski definition) is 4. The largest absolute Gasteiger partial charge is 0.494 e. The average molecular weight is 312 g/mol. The van der Waals surface area contributed by atoms with Gasteiger partial charge in [0.15, 0.2) is 0 Å². The molecule has 1 aliphatic heterocycles. The van der Waals surface area contributed by atoms with Crippen molar-refractivity contribution in [2.75, 3.05) is 45.3 Å². The summed E-state index contributed by atoms with van der Waals surface area (Å²) in [6.07, 6.45) is 0. The number of methoxy groups -OCH3 is 2. The zero-order valence-electron chi connectivity index (χ0n) is 13.9. The third-order valence-corrected chi connectivity index (χ3v) is 4.34. The number of hydrogen-bond donors (Lipinski definition) is 0. The van der Waals surface area contributed by atoms with Gasteiger partial charge in [0, 0.05) is 32.7 Å². The number of benzene rings is 2. The molecule has 1 heterocycles. The second kappa shape index (κ2) is 7.38. The van der Waals surface area contributed by atoms with Crippen molar-refractivity contribution in [1.29, 1.82) is 0 Å². The molecular formula is C19H24N2O2. The van der Waals surface area contributed by atoms with Crippen LogP contribution in [0.3, 0.4) is 0 Å². The Morgan fingerprint density at radius 3 is 1.96 bits per heavy atom. The lowest BCUT2D eigenvalue weighted by atomic mass is 10.1. The predicted octanol–water partition coefficient (Wildman–Crippen LogP) is 3.03. The minimum absolute atomic E-state index is 0.876. The first-order valence-electron chi connectivity index (χ1n) is 8.04. The third-order valence-electron chi connectivity index (χ3n) is 4.34. The van der Waals surface area contributed by atoms with Crippen molar-refractivity contribution < 1.29 is 9.47 Å². The summed E-state index contributed by atoms with van der Waals surface area (Å²) in [7, 11) is 3.42. The standard InChI is InChI=1S/C19H24N2O2/c1-22-17-9-6-10-18(23-2)19(17)21-13-11-20(12-14-21)15-16-7-4-3-5-8-16/h3-10H,11-15H2,1-2H3. The van der Waals surface area contributed by atoms with Crippen LogP contribution in [0.5, 0.6) is 11.5 Å². The molecule has 0 aliphatic carbocycles. The quantitative estimate of drug-likeness (QED) is 0.847. The molecule has 0 bridgehead atoms. The fourth-order valence-corrected chi connectivity index (χ4v) is 3.11. The monoisotopic (exact) mass is 312 g/mol. The first-order chi connectivity index (χ1) is 11.3. The van der Waals surface area contributed by atoms with Crippen molar-refractivity contribution in [1.82, 2.24) is 4.90 Å². The Morgan fingerprint density at radius 2 is 1.39 bits per heavy atom. The van der Waals surface area contributed by atoms with Crippen LogP contribution in [0.1, 0.15) is 5.56 Å². The number of para-hydroxylation sites is 1. The van der Waals surface area contributed by atoms with Crippen LogP contribution in [0.15, 0.2) is 48.5 Å². The number of rotatable bonds is 5. The van der Waals surface area contributed by atoms with E-state index in [-0.39, 0.29) is 0 Å². The Balaban J connectivity index is 1.67. The summed E-state index contributed by atoms with van der Waals surface area (Å²) in [5.41, 5.74) is 2.44. The molecule has 0 spiro atoms. The smallest absolute Gasteiger partial charge is 0.145 e. The lowest BCUT2D eigenvalue weighted by molar-refractivity contribution is 0.248. The van der Waals surface area contributed by atoms with Crippen molar-refractivity contribution in [3.05, 3.63) is 54.1 Å². The van der Waals surface area contributed by atoms with E-state index in [9.17, 15) is 0 Å². The molecule has 0 atom stereocenters. The van der Waals surface area contributed by atoms with Crippen LogP contribution in [0, 0.1) is 0 Å². The summed E-state index contributed by atoms with van der Waals surface area (Å²) >= 11 is 0. The molecule has 0 radical (unpaired) electrons. The molecule has 4 heteroatoms. The molecule has 1 aliphatic rings. The zero-order chi connectivity index (χ0) is 16.1. The van der Waals surface area contributed by atoms with Gasteiger partial charge in [-0.15, -0.1) is 0 Å². The fourth-order valence-electron chi connectivity index (χ4n) is 3.11. The molecule has 2 aromatic rings. The Morgan fingerprint density at radius 1 is 0.783 bits per heavy atom. The number of piperazine rings is 1. The van der Waals surface area contributed by atoms with Crippen molar-refractivity contribution in [2.45, 2.75) is 6.54 Å². The van der Waals surface area contributed by atoms with Gasteiger partial charge in [-0.2, -0.15) is 0 Å². The Bertz CT molecular complexity index is 600. The van der Waals surface area contributed by atoms with Crippen molar-refractivity contribution in [2.24, 2.45) is 0 Å². The molecule has 1 fully saturated rings. The molecule has 0 unspecified atom stereocenters. The summed E-state index contributed by atoms with van der Waals surface area (Å²) in [5.74, 6) is 1.75. The van der Waals surface area contributed by atoms with E-state index in [0.29, 0.717) is 0 Å². The molecule has 0 amide bonds. The molecule has 0 saturated carbocycles. The highest BCUT2D eigenvalue weighted by Gasteiger charge is 2.22. The van der Waals surface area contributed by atoms with Gasteiger partial charge in [0.1, 0.15) is 17.2 Å². The van der Waals surface area contributed by atoms with E-state index >= 15 is 0 Å². The van der Waals surface area contributed by atoms with Crippen molar-refractivity contribution >= 4 is 5.69 Å². The molecule has 122 valence electrons. The molecule has 3 rings (SSSR count). The molecular weight excluding hydrogens is 288 g/mol. The van der Waals surface area contributed by atoms with Crippen LogP contribution < -0.4 is 14.4 Å². The second-order valence-corrected chi connectivity index (χ2v) is 5.76. The van der Waals surface area contributed by atoms with Crippen LogP contribution in [-0.4, -0.2) is 45.3 Å². The van der Waals surface area contributed by atoms with Gasteiger partial charge in [0.05, 0.1) is 14.2 Å². The number of anilines is 1. The van der Waals surface area contributed by atoms with Crippen LogP contribution in [0.2, 0.25) is 0 Å². The third kappa shape index (κ3) is 3.59. The van der Waals surface area contributed by atoms with Gasteiger partial charge < -0.3 is 14.4 Å². The van der Waals surface area contributed by atoms with Gasteiger partial charge in [-0.25, -0.2) is 0 Å². The second-order valence-electron chi connectivity index (χ2n) is 5.76. The minimum atomic E-state index is 0.876. The zero-order valence-corrected chi connectivity index (χ0v) is 13.9. The van der Waals surface area contributed by atoms with E-state index < -0.39 is 0 Å². The van der Waals surface area contributed by atoms with Gasteiger partial charge in [-0.05, 0) is 17.7 Å². The highest BCUT2D eigenvalue weighted by atomic mass is 16.5. The van der Waals surface area contributed by atoms with Crippen molar-refractivity contribution in [3.63, 3.8) is 0 Å². The Kier molecular flexibility index (Phi) is 5.03. The van der Waals surface area contributed by atoms with E-state index in [1.165, 1.54) is 5.56 Å². The minimum Gasteiger partial charge on any atom is -0.494 e. The van der Waals surface area contributed by atoms with Crippen LogP contribution in [-0.2, 0) is 6.54 Å². The number of ether oxygens (including phenoxy) is 2. The van der Waals surface area contributed by atoms with Gasteiger partial charge in [-0.1, -0.05) is 36.4 Å². The van der Waals surface area contributed by atoms with Crippen LogP contribution in [0.25, 0.3) is 0 Å². The highest BCUT2D eigenvalue weighted by molar-refractivity contribution is 5.68. The predicted molar refractivity (Wildman–Crippen MR) is 93.5 cm³/mol. The van der Waals surface area contributed by atoms with Gasteiger partial charge in [0.25, 0.3) is 0 Å². The molecule has 23 heavy (non-hydrogen) atoms. The van der Waals surface area contributed by atoms with E-state index in [1.54, 1.807) is 14.2 Å². The van der Waals surface area contributed by atoms with E-state index in [4.69, 9.17) is 9.47 Å². The summed E-state index contributed by atoms with van der Waals surface area (Å²) < 4.78 is 11.1.